The molecule has 4 heteroatoms. The van der Waals surface area contributed by atoms with Crippen LogP contribution in [0.1, 0.15) is 23.9 Å². The van der Waals surface area contributed by atoms with E-state index < -0.39 is 0 Å². The smallest absolute Gasteiger partial charge is 0.119 e. The minimum atomic E-state index is 0.585. The van der Waals surface area contributed by atoms with Gasteiger partial charge in [0.2, 0.25) is 0 Å². The summed E-state index contributed by atoms with van der Waals surface area (Å²) in [6.45, 7) is 3.47. The number of imidazole rings is 1. The highest BCUT2D eigenvalue weighted by molar-refractivity contribution is 6.31. The van der Waals surface area contributed by atoms with E-state index in [-0.39, 0.29) is 0 Å². The van der Waals surface area contributed by atoms with Gasteiger partial charge >= 0.3 is 0 Å². The highest BCUT2D eigenvalue weighted by Crippen LogP contribution is 2.22. The summed E-state index contributed by atoms with van der Waals surface area (Å²) in [6, 6.07) is 24.5. The van der Waals surface area contributed by atoms with Gasteiger partial charge in [0, 0.05) is 11.4 Å². The summed E-state index contributed by atoms with van der Waals surface area (Å²) in [4.78, 5) is 4.85. The van der Waals surface area contributed by atoms with Crippen molar-refractivity contribution in [2.45, 2.75) is 26.3 Å². The molecule has 0 amide bonds. The SMILES string of the molecule is CCc1ccc(OCCn2c(Cc3ccccc3Cl)nc3ccccc32)cc1. The number of hydrogen-bond acceptors (Lipinski definition) is 2. The van der Waals surface area contributed by atoms with E-state index in [2.05, 4.69) is 35.8 Å². The molecule has 0 saturated heterocycles. The molecular weight excluding hydrogens is 368 g/mol. The summed E-state index contributed by atoms with van der Waals surface area (Å²) in [5, 5.41) is 0.772. The average molecular weight is 391 g/mol. The third kappa shape index (κ3) is 4.05. The van der Waals surface area contributed by atoms with Crippen molar-refractivity contribution in [3.8, 4) is 5.75 Å². The van der Waals surface area contributed by atoms with Crippen LogP contribution >= 0.6 is 11.6 Å². The van der Waals surface area contributed by atoms with Crippen LogP contribution in [0.4, 0.5) is 0 Å². The summed E-state index contributed by atoms with van der Waals surface area (Å²) in [6.07, 6.45) is 1.73. The normalized spacial score (nSPS) is 11.1. The third-order valence-corrected chi connectivity index (χ3v) is 5.32. The lowest BCUT2D eigenvalue weighted by molar-refractivity contribution is 0.298. The molecule has 0 fully saturated rings. The summed E-state index contributed by atoms with van der Waals surface area (Å²) in [5.41, 5.74) is 4.51. The van der Waals surface area contributed by atoms with Gasteiger partial charge in [-0.15, -0.1) is 0 Å². The predicted molar refractivity (Wildman–Crippen MR) is 115 cm³/mol. The number of halogens is 1. The van der Waals surface area contributed by atoms with Crippen LogP contribution in [-0.2, 0) is 19.4 Å². The van der Waals surface area contributed by atoms with Gasteiger partial charge in [0.1, 0.15) is 18.2 Å². The molecule has 1 aromatic heterocycles. The Balaban J connectivity index is 1.55. The summed E-state index contributed by atoms with van der Waals surface area (Å²) in [7, 11) is 0. The van der Waals surface area contributed by atoms with Gasteiger partial charge < -0.3 is 9.30 Å². The van der Waals surface area contributed by atoms with E-state index in [0.717, 1.165) is 46.2 Å². The largest absolute Gasteiger partial charge is 0.492 e. The fraction of sp³-hybridized carbons (Fsp3) is 0.208. The second-order valence-electron chi connectivity index (χ2n) is 6.78. The maximum absolute atomic E-state index is 6.37. The fourth-order valence-corrected chi connectivity index (χ4v) is 3.60. The second kappa shape index (κ2) is 8.49. The Hall–Kier alpha value is -2.78. The number of rotatable bonds is 7. The van der Waals surface area contributed by atoms with Gasteiger partial charge in [-0.1, -0.05) is 61.0 Å². The van der Waals surface area contributed by atoms with Crippen molar-refractivity contribution >= 4 is 22.6 Å². The first kappa shape index (κ1) is 18.6. The topological polar surface area (TPSA) is 27.1 Å². The van der Waals surface area contributed by atoms with Crippen LogP contribution in [0.15, 0.2) is 72.8 Å². The van der Waals surface area contributed by atoms with Gasteiger partial charge in [0.25, 0.3) is 0 Å². The highest BCUT2D eigenvalue weighted by atomic mass is 35.5. The maximum atomic E-state index is 6.37. The molecule has 142 valence electrons. The molecule has 4 aromatic rings. The molecule has 0 unspecified atom stereocenters. The minimum Gasteiger partial charge on any atom is -0.492 e. The first-order valence-electron chi connectivity index (χ1n) is 9.64. The van der Waals surface area contributed by atoms with Crippen LogP contribution in [0.5, 0.6) is 5.75 Å². The van der Waals surface area contributed by atoms with Crippen molar-refractivity contribution in [2.75, 3.05) is 6.61 Å². The van der Waals surface area contributed by atoms with Gasteiger partial charge in [-0.3, -0.25) is 0 Å². The van der Waals surface area contributed by atoms with E-state index in [9.17, 15) is 0 Å². The van der Waals surface area contributed by atoms with Gasteiger partial charge in [0.05, 0.1) is 17.6 Å². The standard InChI is InChI=1S/C24H23ClN2O/c1-2-18-11-13-20(14-12-18)28-16-15-27-23-10-6-5-9-22(23)26-24(27)17-19-7-3-4-8-21(19)25/h3-14H,2,15-17H2,1H3. The van der Waals surface area contributed by atoms with Gasteiger partial charge in [-0.25, -0.2) is 4.98 Å². The molecule has 3 aromatic carbocycles. The van der Waals surface area contributed by atoms with Crippen LogP contribution < -0.4 is 4.74 Å². The third-order valence-electron chi connectivity index (χ3n) is 4.96. The van der Waals surface area contributed by atoms with E-state index in [1.54, 1.807) is 0 Å². The van der Waals surface area contributed by atoms with E-state index in [0.29, 0.717) is 13.0 Å². The van der Waals surface area contributed by atoms with E-state index in [1.807, 2.05) is 48.5 Å². The van der Waals surface area contributed by atoms with E-state index >= 15 is 0 Å². The molecule has 0 spiro atoms. The van der Waals surface area contributed by atoms with E-state index in [1.165, 1.54) is 5.56 Å². The number of nitrogens with zero attached hydrogens (tertiary/aromatic N) is 2. The molecule has 28 heavy (non-hydrogen) atoms. The number of para-hydroxylation sites is 2. The van der Waals surface area contributed by atoms with Gasteiger partial charge in [-0.05, 0) is 47.9 Å². The molecule has 3 nitrogen and oxygen atoms in total. The maximum Gasteiger partial charge on any atom is 0.119 e. The predicted octanol–water partition coefficient (Wildman–Crippen LogP) is 5.92. The van der Waals surface area contributed by atoms with Crippen molar-refractivity contribution in [1.29, 1.82) is 0 Å². The molecule has 1 heterocycles. The Morgan fingerprint density at radius 1 is 0.929 bits per heavy atom. The molecule has 0 bridgehead atoms. The Bertz CT molecular complexity index is 1070. The number of hydrogen-bond donors (Lipinski definition) is 0. The van der Waals surface area contributed by atoms with Crippen LogP contribution in [0, 0.1) is 0 Å². The van der Waals surface area contributed by atoms with Crippen LogP contribution in [0.3, 0.4) is 0 Å². The van der Waals surface area contributed by atoms with Crippen molar-refractivity contribution in [2.24, 2.45) is 0 Å². The van der Waals surface area contributed by atoms with Crippen LogP contribution in [0.2, 0.25) is 5.02 Å². The summed E-state index contributed by atoms with van der Waals surface area (Å²) < 4.78 is 8.22. The molecule has 0 radical (unpaired) electrons. The molecule has 0 aliphatic carbocycles. The average Bonchev–Trinajstić information content (AvgIpc) is 3.07. The van der Waals surface area contributed by atoms with Crippen molar-refractivity contribution in [3.05, 3.63) is 94.8 Å². The highest BCUT2D eigenvalue weighted by Gasteiger charge is 2.12. The zero-order chi connectivity index (χ0) is 19.3. The number of aromatic nitrogens is 2. The number of ether oxygens (including phenoxy) is 1. The number of benzene rings is 3. The van der Waals surface area contributed by atoms with Gasteiger partial charge in [0.15, 0.2) is 0 Å². The first-order chi connectivity index (χ1) is 13.7. The lowest BCUT2D eigenvalue weighted by Crippen LogP contribution is -2.11. The molecule has 0 atom stereocenters. The number of fused-ring (bicyclic) bond motifs is 1. The van der Waals surface area contributed by atoms with Crippen LogP contribution in [0.25, 0.3) is 11.0 Å². The molecule has 0 N–H and O–H groups in total. The fourth-order valence-electron chi connectivity index (χ4n) is 3.40. The number of aryl methyl sites for hydroxylation is 1. The van der Waals surface area contributed by atoms with E-state index in [4.69, 9.17) is 21.3 Å². The van der Waals surface area contributed by atoms with Crippen molar-refractivity contribution < 1.29 is 4.74 Å². The zero-order valence-corrected chi connectivity index (χ0v) is 16.7. The lowest BCUT2D eigenvalue weighted by Gasteiger charge is -2.12. The Morgan fingerprint density at radius 2 is 1.68 bits per heavy atom. The summed E-state index contributed by atoms with van der Waals surface area (Å²) in [5.74, 6) is 1.90. The Kier molecular flexibility index (Phi) is 5.63. The lowest BCUT2D eigenvalue weighted by atomic mass is 10.1. The first-order valence-corrected chi connectivity index (χ1v) is 10.0. The second-order valence-corrected chi connectivity index (χ2v) is 7.19. The zero-order valence-electron chi connectivity index (χ0n) is 15.9. The Labute approximate surface area is 170 Å². The van der Waals surface area contributed by atoms with Crippen molar-refractivity contribution in [3.63, 3.8) is 0 Å². The quantitative estimate of drug-likeness (QED) is 0.391. The van der Waals surface area contributed by atoms with Crippen LogP contribution in [-0.4, -0.2) is 16.2 Å². The Morgan fingerprint density at radius 3 is 2.46 bits per heavy atom. The molecule has 4 rings (SSSR count). The summed E-state index contributed by atoms with van der Waals surface area (Å²) >= 11 is 6.37. The minimum absolute atomic E-state index is 0.585. The molecule has 0 aliphatic rings. The monoisotopic (exact) mass is 390 g/mol. The molecule has 0 saturated carbocycles. The molecular formula is C24H23ClN2O. The van der Waals surface area contributed by atoms with Crippen molar-refractivity contribution in [1.82, 2.24) is 9.55 Å². The molecule has 0 aliphatic heterocycles. The van der Waals surface area contributed by atoms with Gasteiger partial charge in [-0.2, -0.15) is 0 Å².